The van der Waals surface area contributed by atoms with Crippen LogP contribution < -0.4 is 5.73 Å². The normalized spacial score (nSPS) is 24.2. The van der Waals surface area contributed by atoms with Gasteiger partial charge in [-0.1, -0.05) is 36.2 Å². The first-order chi connectivity index (χ1) is 10.9. The van der Waals surface area contributed by atoms with Crippen LogP contribution in [0.25, 0.3) is 0 Å². The SMILES string of the molecule is CC1CC(=O)C2=C(C1)OC(N)=C(C#N)C2c1ccc(Cl)cc1Cl. The number of ketones is 1. The monoisotopic (exact) mass is 348 g/mol. The number of carbonyl (C=O) groups excluding carboxylic acids is 1. The molecule has 1 aliphatic heterocycles. The fourth-order valence-corrected chi connectivity index (χ4v) is 3.66. The third-order valence-corrected chi connectivity index (χ3v) is 4.70. The molecule has 1 heterocycles. The third kappa shape index (κ3) is 2.71. The van der Waals surface area contributed by atoms with Crippen LogP contribution in [0.4, 0.5) is 0 Å². The summed E-state index contributed by atoms with van der Waals surface area (Å²) >= 11 is 12.3. The third-order valence-electron chi connectivity index (χ3n) is 4.14. The van der Waals surface area contributed by atoms with E-state index in [1.54, 1.807) is 18.2 Å². The summed E-state index contributed by atoms with van der Waals surface area (Å²) in [5.41, 5.74) is 7.24. The van der Waals surface area contributed by atoms with Gasteiger partial charge in [0.2, 0.25) is 5.88 Å². The van der Waals surface area contributed by atoms with Crippen molar-refractivity contribution in [2.45, 2.75) is 25.7 Å². The maximum atomic E-state index is 12.6. The maximum Gasteiger partial charge on any atom is 0.205 e. The molecule has 0 spiro atoms. The van der Waals surface area contributed by atoms with Crippen molar-refractivity contribution in [3.05, 3.63) is 56.6 Å². The molecule has 2 atom stereocenters. The Kier molecular flexibility index (Phi) is 4.09. The van der Waals surface area contributed by atoms with Gasteiger partial charge in [0.15, 0.2) is 5.78 Å². The van der Waals surface area contributed by atoms with Crippen LogP contribution in [-0.2, 0) is 9.53 Å². The van der Waals surface area contributed by atoms with Crippen molar-refractivity contribution < 1.29 is 9.53 Å². The van der Waals surface area contributed by atoms with Gasteiger partial charge in [0.05, 0.1) is 5.92 Å². The lowest BCUT2D eigenvalue weighted by atomic mass is 9.75. The molecule has 0 bridgehead atoms. The molecule has 1 aromatic rings. The molecule has 0 radical (unpaired) electrons. The van der Waals surface area contributed by atoms with Crippen molar-refractivity contribution in [3.63, 3.8) is 0 Å². The fraction of sp³-hybridized carbons (Fsp3) is 0.294. The number of Topliss-reactive ketones (excluding diaryl/α,β-unsaturated/α-hetero) is 1. The molecule has 0 amide bonds. The second-order valence-corrected chi connectivity index (χ2v) is 6.71. The fourth-order valence-electron chi connectivity index (χ4n) is 3.14. The lowest BCUT2D eigenvalue weighted by molar-refractivity contribution is -0.117. The zero-order valence-electron chi connectivity index (χ0n) is 12.4. The van der Waals surface area contributed by atoms with E-state index in [1.165, 1.54) is 0 Å². The van der Waals surface area contributed by atoms with E-state index in [-0.39, 0.29) is 23.2 Å². The molecule has 2 N–H and O–H groups in total. The van der Waals surface area contributed by atoms with Crippen LogP contribution in [-0.4, -0.2) is 5.78 Å². The average molecular weight is 349 g/mol. The van der Waals surface area contributed by atoms with Crippen molar-refractivity contribution in [1.82, 2.24) is 0 Å². The first-order valence-electron chi connectivity index (χ1n) is 7.21. The van der Waals surface area contributed by atoms with Crippen LogP contribution in [0.3, 0.4) is 0 Å². The molecule has 118 valence electrons. The highest BCUT2D eigenvalue weighted by atomic mass is 35.5. The summed E-state index contributed by atoms with van der Waals surface area (Å²) < 4.78 is 5.57. The van der Waals surface area contributed by atoms with Crippen LogP contribution in [0.2, 0.25) is 10.0 Å². The largest absolute Gasteiger partial charge is 0.444 e. The predicted molar refractivity (Wildman–Crippen MR) is 87.5 cm³/mol. The van der Waals surface area contributed by atoms with Gasteiger partial charge in [-0.05, 0) is 23.6 Å². The van der Waals surface area contributed by atoms with Crippen LogP contribution in [0.15, 0.2) is 41.0 Å². The van der Waals surface area contributed by atoms with E-state index in [0.29, 0.717) is 39.8 Å². The van der Waals surface area contributed by atoms with Crippen LogP contribution in [0.5, 0.6) is 0 Å². The molecule has 0 saturated carbocycles. The zero-order chi connectivity index (χ0) is 16.7. The maximum absolute atomic E-state index is 12.6. The van der Waals surface area contributed by atoms with Gasteiger partial charge in [0, 0.05) is 28.5 Å². The van der Waals surface area contributed by atoms with Gasteiger partial charge in [-0.3, -0.25) is 4.79 Å². The second kappa shape index (κ2) is 5.92. The van der Waals surface area contributed by atoms with Crippen LogP contribution in [0.1, 0.15) is 31.2 Å². The van der Waals surface area contributed by atoms with E-state index in [2.05, 4.69) is 6.07 Å². The molecular weight excluding hydrogens is 335 g/mol. The Labute approximate surface area is 144 Å². The smallest absolute Gasteiger partial charge is 0.205 e. The van der Waals surface area contributed by atoms with Crippen molar-refractivity contribution in [3.8, 4) is 6.07 Å². The molecule has 6 heteroatoms. The highest BCUT2D eigenvalue weighted by Crippen LogP contribution is 2.46. The molecular formula is C17H14Cl2N2O2. The van der Waals surface area contributed by atoms with E-state index in [0.717, 1.165) is 0 Å². The zero-order valence-corrected chi connectivity index (χ0v) is 13.9. The summed E-state index contributed by atoms with van der Waals surface area (Å²) in [4.78, 5) is 12.6. The van der Waals surface area contributed by atoms with Gasteiger partial charge in [-0.15, -0.1) is 0 Å². The first kappa shape index (κ1) is 15.9. The molecule has 4 nitrogen and oxygen atoms in total. The highest BCUT2D eigenvalue weighted by Gasteiger charge is 2.40. The standard InChI is InChI=1S/C17H14Cl2N2O2/c1-8-4-13(22)16-14(5-8)23-17(21)11(7-20)15(16)10-3-2-9(18)6-12(10)19/h2-3,6,8,15H,4-5,21H2,1H3. The number of rotatable bonds is 1. The Hall–Kier alpha value is -1.96. The number of nitriles is 1. The summed E-state index contributed by atoms with van der Waals surface area (Å²) in [5, 5.41) is 10.4. The van der Waals surface area contributed by atoms with E-state index >= 15 is 0 Å². The van der Waals surface area contributed by atoms with E-state index < -0.39 is 5.92 Å². The van der Waals surface area contributed by atoms with Crippen molar-refractivity contribution >= 4 is 29.0 Å². The number of benzene rings is 1. The topological polar surface area (TPSA) is 76.1 Å². The Balaban J connectivity index is 2.22. The van der Waals surface area contributed by atoms with Gasteiger partial charge in [0.25, 0.3) is 0 Å². The number of nitrogens with two attached hydrogens (primary N) is 1. The molecule has 2 aliphatic rings. The van der Waals surface area contributed by atoms with Gasteiger partial charge in [-0.2, -0.15) is 5.26 Å². The Morgan fingerprint density at radius 1 is 1.35 bits per heavy atom. The number of carbonyl (C=O) groups is 1. The summed E-state index contributed by atoms with van der Waals surface area (Å²) in [5.74, 6) is 0.119. The van der Waals surface area contributed by atoms with E-state index in [9.17, 15) is 10.1 Å². The second-order valence-electron chi connectivity index (χ2n) is 5.86. The molecule has 1 aromatic carbocycles. The van der Waals surface area contributed by atoms with E-state index in [1.807, 2.05) is 6.92 Å². The molecule has 0 fully saturated rings. The summed E-state index contributed by atoms with van der Waals surface area (Å²) in [7, 11) is 0. The summed E-state index contributed by atoms with van der Waals surface area (Å²) in [6.45, 7) is 1.98. The van der Waals surface area contributed by atoms with Crippen LogP contribution >= 0.6 is 23.2 Å². The van der Waals surface area contributed by atoms with Crippen molar-refractivity contribution in [1.29, 1.82) is 5.26 Å². The number of ether oxygens (including phenoxy) is 1. The van der Waals surface area contributed by atoms with Crippen LogP contribution in [0, 0.1) is 17.2 Å². The van der Waals surface area contributed by atoms with Gasteiger partial charge < -0.3 is 10.5 Å². The molecule has 23 heavy (non-hydrogen) atoms. The predicted octanol–water partition coefficient (Wildman–Crippen LogP) is 4.05. The van der Waals surface area contributed by atoms with Crippen molar-refractivity contribution in [2.24, 2.45) is 11.7 Å². The average Bonchev–Trinajstić information content (AvgIpc) is 2.45. The lowest BCUT2D eigenvalue weighted by Gasteiger charge is -2.33. The Morgan fingerprint density at radius 3 is 2.74 bits per heavy atom. The van der Waals surface area contributed by atoms with E-state index in [4.69, 9.17) is 33.7 Å². The molecule has 0 aromatic heterocycles. The first-order valence-corrected chi connectivity index (χ1v) is 7.96. The van der Waals surface area contributed by atoms with Gasteiger partial charge in [-0.25, -0.2) is 0 Å². The molecule has 2 unspecified atom stereocenters. The number of halogens is 2. The highest BCUT2D eigenvalue weighted by molar-refractivity contribution is 6.35. The quantitative estimate of drug-likeness (QED) is 0.830. The number of hydrogen-bond acceptors (Lipinski definition) is 4. The molecule has 1 aliphatic carbocycles. The van der Waals surface area contributed by atoms with Gasteiger partial charge >= 0.3 is 0 Å². The summed E-state index contributed by atoms with van der Waals surface area (Å²) in [6.07, 6.45) is 1.03. The number of allylic oxidation sites excluding steroid dienone is 3. The molecule has 3 rings (SSSR count). The number of hydrogen-bond donors (Lipinski definition) is 1. The minimum absolute atomic E-state index is 0.0316. The van der Waals surface area contributed by atoms with Crippen molar-refractivity contribution in [2.75, 3.05) is 0 Å². The summed E-state index contributed by atoms with van der Waals surface area (Å²) in [6, 6.07) is 7.06. The number of nitrogens with zero attached hydrogens (tertiary/aromatic N) is 1. The lowest BCUT2D eigenvalue weighted by Crippen LogP contribution is -2.29. The molecule has 0 saturated heterocycles. The minimum atomic E-state index is -0.603. The Morgan fingerprint density at radius 2 is 2.09 bits per heavy atom. The Bertz CT molecular complexity index is 805. The minimum Gasteiger partial charge on any atom is -0.444 e. The van der Waals surface area contributed by atoms with Gasteiger partial charge in [0.1, 0.15) is 17.4 Å².